The Morgan fingerprint density at radius 1 is 1.14 bits per heavy atom. The van der Waals surface area contributed by atoms with Crippen LogP contribution >= 0.6 is 10.8 Å². The lowest BCUT2D eigenvalue weighted by Crippen LogP contribution is -2.26. The molecule has 190 valence electrons. The van der Waals surface area contributed by atoms with Crippen molar-refractivity contribution >= 4 is 33.2 Å². The highest BCUT2D eigenvalue weighted by atomic mass is 32.3. The molecule has 2 saturated carbocycles. The van der Waals surface area contributed by atoms with Gasteiger partial charge >= 0.3 is 0 Å². The van der Waals surface area contributed by atoms with E-state index >= 15 is 0 Å². The Kier molecular flexibility index (Phi) is 6.04. The summed E-state index contributed by atoms with van der Waals surface area (Å²) in [5, 5.41) is 18.3. The number of nitrogens with zero attached hydrogens (tertiary/aromatic N) is 4. The third-order valence-electron chi connectivity index (χ3n) is 8.10. The number of hydrogen-bond acceptors (Lipinski definition) is 7. The third kappa shape index (κ3) is 4.00. The van der Waals surface area contributed by atoms with Crippen molar-refractivity contribution in [1.29, 1.82) is 5.26 Å². The van der Waals surface area contributed by atoms with Gasteiger partial charge in [-0.1, -0.05) is 25.7 Å². The molecule has 0 saturated heterocycles. The monoisotopic (exact) mass is 508 g/mol. The maximum absolute atomic E-state index is 12.8. The summed E-state index contributed by atoms with van der Waals surface area (Å²) in [5.41, 5.74) is 2.10. The van der Waals surface area contributed by atoms with Gasteiger partial charge in [0, 0.05) is 25.0 Å². The van der Waals surface area contributed by atoms with Crippen LogP contribution in [-0.4, -0.2) is 34.7 Å². The van der Waals surface area contributed by atoms with Gasteiger partial charge in [-0.2, -0.15) is 14.7 Å². The Morgan fingerprint density at radius 2 is 1.92 bits per heavy atom. The molecule has 3 aliphatic rings. The zero-order valence-electron chi connectivity index (χ0n) is 20.2. The minimum atomic E-state index is -2.98. The van der Waals surface area contributed by atoms with Crippen LogP contribution in [0.2, 0.25) is 0 Å². The van der Waals surface area contributed by atoms with Gasteiger partial charge in [0.25, 0.3) is 5.56 Å². The molecule has 3 aromatic rings. The van der Waals surface area contributed by atoms with Gasteiger partial charge in [-0.3, -0.25) is 18.6 Å². The second-order valence-corrected chi connectivity index (χ2v) is 12.4. The van der Waals surface area contributed by atoms with Gasteiger partial charge in [-0.05, 0) is 61.4 Å². The Morgan fingerprint density at radius 3 is 2.72 bits per heavy atom. The number of nitriles is 1. The van der Waals surface area contributed by atoms with Crippen molar-refractivity contribution in [2.45, 2.75) is 68.8 Å². The molecule has 0 spiro atoms. The minimum absolute atomic E-state index is 0.0687. The van der Waals surface area contributed by atoms with E-state index in [1.165, 1.54) is 12.8 Å². The van der Waals surface area contributed by atoms with Crippen molar-refractivity contribution in [3.05, 3.63) is 46.4 Å². The highest BCUT2D eigenvalue weighted by molar-refractivity contribution is 8.22. The molecule has 36 heavy (non-hydrogen) atoms. The quantitative estimate of drug-likeness (QED) is 0.345. The molecule has 2 aliphatic carbocycles. The van der Waals surface area contributed by atoms with Crippen LogP contribution in [0.15, 0.2) is 40.2 Å². The van der Waals surface area contributed by atoms with E-state index in [9.17, 15) is 19.2 Å². The van der Waals surface area contributed by atoms with Crippen molar-refractivity contribution in [2.24, 2.45) is 11.8 Å². The number of rotatable bonds is 5. The largest absolute Gasteiger partial charge is 0.338 e. The Balaban J connectivity index is 1.32. The van der Waals surface area contributed by atoms with Crippen LogP contribution in [0.4, 0.5) is 11.5 Å². The van der Waals surface area contributed by atoms with E-state index < -0.39 is 10.8 Å². The Bertz CT molecular complexity index is 1390. The summed E-state index contributed by atoms with van der Waals surface area (Å²) in [5.74, 6) is 0.827. The van der Waals surface area contributed by atoms with E-state index in [0.717, 1.165) is 49.8 Å². The summed E-state index contributed by atoms with van der Waals surface area (Å²) in [6.07, 6.45) is 10.1. The van der Waals surface area contributed by atoms with Crippen LogP contribution in [0.1, 0.15) is 63.0 Å². The molecule has 9 nitrogen and oxygen atoms in total. The summed E-state index contributed by atoms with van der Waals surface area (Å²) in [6.45, 7) is 1.19. The number of aromatic nitrogens is 3. The second-order valence-electron chi connectivity index (χ2n) is 10.4. The molecule has 2 fully saturated rings. The second kappa shape index (κ2) is 9.23. The molecule has 3 heterocycles. The third-order valence-corrected chi connectivity index (χ3v) is 10.1. The maximum Gasteiger partial charge on any atom is 0.261 e. The lowest BCUT2D eigenvalue weighted by molar-refractivity contribution is 0.277. The number of fused-ring (bicyclic) bond motifs is 2. The summed E-state index contributed by atoms with van der Waals surface area (Å²) in [4.78, 5) is 16.2. The molecule has 0 amide bonds. The van der Waals surface area contributed by atoms with Gasteiger partial charge in [0.15, 0.2) is 5.82 Å². The van der Waals surface area contributed by atoms with Gasteiger partial charge in [-0.25, -0.2) is 0 Å². The van der Waals surface area contributed by atoms with Gasteiger partial charge in [0.05, 0.1) is 28.4 Å². The topological polar surface area (TPSA) is 130 Å². The zero-order chi connectivity index (χ0) is 24.9. The first-order chi connectivity index (χ1) is 17.5. The fraction of sp³-hybridized carbons (Fsp3) is 0.500. The molecule has 1 aliphatic heterocycles. The Labute approximate surface area is 211 Å². The number of aromatic amines is 1. The van der Waals surface area contributed by atoms with E-state index in [2.05, 4.69) is 16.4 Å². The van der Waals surface area contributed by atoms with Crippen molar-refractivity contribution in [2.75, 3.05) is 11.9 Å². The fourth-order valence-corrected chi connectivity index (χ4v) is 7.99. The molecular weight excluding hydrogens is 476 g/mol. The molecule has 2 atom stereocenters. The summed E-state index contributed by atoms with van der Waals surface area (Å²) >= 11 is 0. The van der Waals surface area contributed by atoms with E-state index in [-0.39, 0.29) is 17.5 Å². The molecule has 4 N–H and O–H groups in total. The number of H-pyrrole nitrogens is 1. The molecule has 0 bridgehead atoms. The lowest BCUT2D eigenvalue weighted by Gasteiger charge is -2.38. The van der Waals surface area contributed by atoms with Crippen LogP contribution < -0.4 is 10.9 Å². The van der Waals surface area contributed by atoms with Crippen LogP contribution in [0.3, 0.4) is 0 Å². The van der Waals surface area contributed by atoms with Crippen LogP contribution in [0.5, 0.6) is 0 Å². The number of anilines is 2. The molecular formula is C26H32N6O3S. The van der Waals surface area contributed by atoms with Gasteiger partial charge in [-0.15, -0.1) is 10.8 Å². The maximum atomic E-state index is 12.8. The SMILES string of the molecule is N#CC1CCCCC1n1nc(Nc2ccc3c(c2)CN(CC2CCCC2)S3(O)O)c2c(=O)[nH]ccc21. The average Bonchev–Trinajstić information content (AvgIpc) is 3.57. The van der Waals surface area contributed by atoms with Crippen molar-refractivity contribution in [3.8, 4) is 6.07 Å². The highest BCUT2D eigenvalue weighted by Gasteiger charge is 2.37. The van der Waals surface area contributed by atoms with Gasteiger partial charge in [0.2, 0.25) is 0 Å². The predicted octanol–water partition coefficient (Wildman–Crippen LogP) is 5.75. The van der Waals surface area contributed by atoms with Gasteiger partial charge < -0.3 is 10.3 Å². The molecule has 2 unspecified atom stereocenters. The lowest BCUT2D eigenvalue weighted by atomic mass is 9.85. The normalized spacial score (nSPS) is 25.0. The fourth-order valence-electron chi connectivity index (χ4n) is 6.25. The first-order valence-electron chi connectivity index (χ1n) is 12.9. The predicted molar refractivity (Wildman–Crippen MR) is 140 cm³/mol. The van der Waals surface area contributed by atoms with Crippen LogP contribution in [0.25, 0.3) is 10.9 Å². The summed E-state index contributed by atoms with van der Waals surface area (Å²) in [7, 11) is -2.98. The van der Waals surface area contributed by atoms with E-state index in [0.29, 0.717) is 40.6 Å². The number of pyridine rings is 1. The van der Waals surface area contributed by atoms with Gasteiger partial charge in [0.1, 0.15) is 5.39 Å². The standard InChI is InChI=1S/C26H32N6O3S/c27-14-18-7-3-4-8-21(18)32-22-11-12-28-26(33)24(22)25(30-32)29-20-9-10-23-19(13-20)16-31(36(23,34)35)15-17-5-1-2-6-17/h9-13,17-18,21,34-35H,1-8,15-16H2,(H,28,33)(H,29,30). The van der Waals surface area contributed by atoms with Crippen molar-refractivity contribution < 1.29 is 9.11 Å². The molecule has 0 radical (unpaired) electrons. The van der Waals surface area contributed by atoms with E-state index in [1.54, 1.807) is 12.3 Å². The molecule has 2 aromatic heterocycles. The minimum Gasteiger partial charge on any atom is -0.338 e. The average molecular weight is 509 g/mol. The first-order valence-corrected chi connectivity index (χ1v) is 14.4. The number of nitrogens with one attached hydrogen (secondary N) is 2. The first kappa shape index (κ1) is 23.6. The highest BCUT2D eigenvalue weighted by Crippen LogP contribution is 2.59. The molecule has 10 heteroatoms. The summed E-state index contributed by atoms with van der Waals surface area (Å²) in [6, 6.07) is 9.73. The van der Waals surface area contributed by atoms with Crippen LogP contribution in [0, 0.1) is 23.2 Å². The van der Waals surface area contributed by atoms with Crippen molar-refractivity contribution in [3.63, 3.8) is 0 Å². The van der Waals surface area contributed by atoms with E-state index in [4.69, 9.17) is 5.10 Å². The number of benzene rings is 1. The zero-order valence-corrected chi connectivity index (χ0v) is 21.0. The molecule has 6 rings (SSSR count). The van der Waals surface area contributed by atoms with Crippen LogP contribution in [-0.2, 0) is 6.54 Å². The molecule has 1 aromatic carbocycles. The van der Waals surface area contributed by atoms with Crippen molar-refractivity contribution in [1.82, 2.24) is 19.1 Å². The number of hydrogen-bond donors (Lipinski definition) is 4. The van der Waals surface area contributed by atoms with E-state index in [1.807, 2.05) is 27.2 Å². The smallest absolute Gasteiger partial charge is 0.261 e. The summed E-state index contributed by atoms with van der Waals surface area (Å²) < 4.78 is 25.6. The Hall–Kier alpha value is -2.84.